The van der Waals surface area contributed by atoms with Gasteiger partial charge in [-0.1, -0.05) is 25.5 Å². The number of amides is 1. The number of carbonyl (C=O) groups is 1. The molecule has 1 atom stereocenters. The number of benzene rings is 1. The van der Waals surface area contributed by atoms with Crippen molar-refractivity contribution in [3.63, 3.8) is 0 Å². The summed E-state index contributed by atoms with van der Waals surface area (Å²) in [5.74, 6) is -0.489. The van der Waals surface area contributed by atoms with Gasteiger partial charge in [0.15, 0.2) is 0 Å². The molecule has 5 heteroatoms. The third-order valence-corrected chi connectivity index (χ3v) is 4.15. The molecule has 0 bridgehead atoms. The van der Waals surface area contributed by atoms with E-state index in [1.807, 2.05) is 24.8 Å². The molecule has 1 aromatic rings. The maximum absolute atomic E-state index is 14.2. The molecular formula is C16H20FN3O. The zero-order valence-corrected chi connectivity index (χ0v) is 12.4. The molecule has 4 nitrogen and oxygen atoms in total. The normalized spacial score (nSPS) is 22.7. The van der Waals surface area contributed by atoms with Crippen LogP contribution in [-0.2, 0) is 11.3 Å². The zero-order chi connectivity index (χ0) is 15.5. The molecule has 1 N–H and O–H groups in total. The number of piperazine rings is 1. The van der Waals surface area contributed by atoms with Gasteiger partial charge in [-0.05, 0) is 19.4 Å². The van der Waals surface area contributed by atoms with Crippen LogP contribution in [0.2, 0.25) is 0 Å². The van der Waals surface area contributed by atoms with Crippen LogP contribution >= 0.6 is 0 Å². The first-order chi connectivity index (χ1) is 10.0. The summed E-state index contributed by atoms with van der Waals surface area (Å²) in [5, 5.41) is 11.8. The van der Waals surface area contributed by atoms with Crippen LogP contribution < -0.4 is 5.32 Å². The molecule has 112 valence electrons. The highest BCUT2D eigenvalue weighted by Crippen LogP contribution is 2.27. The van der Waals surface area contributed by atoms with Gasteiger partial charge in [0.2, 0.25) is 5.91 Å². The van der Waals surface area contributed by atoms with E-state index >= 15 is 0 Å². The Kier molecular flexibility index (Phi) is 4.59. The predicted molar refractivity (Wildman–Crippen MR) is 77.8 cm³/mol. The molecule has 1 saturated heterocycles. The van der Waals surface area contributed by atoms with E-state index in [1.165, 1.54) is 6.07 Å². The molecule has 0 saturated carbocycles. The Morgan fingerprint density at radius 2 is 2.29 bits per heavy atom. The Labute approximate surface area is 124 Å². The summed E-state index contributed by atoms with van der Waals surface area (Å²) >= 11 is 0. The molecule has 1 amide bonds. The minimum Gasteiger partial charge on any atom is -0.353 e. The number of nitrogens with zero attached hydrogens (tertiary/aromatic N) is 2. The summed E-state index contributed by atoms with van der Waals surface area (Å²) in [5.41, 5.74) is -0.112. The highest BCUT2D eigenvalue weighted by atomic mass is 19.1. The first-order valence-corrected chi connectivity index (χ1v) is 7.23. The van der Waals surface area contributed by atoms with E-state index in [4.69, 9.17) is 5.26 Å². The number of rotatable bonds is 4. The van der Waals surface area contributed by atoms with E-state index < -0.39 is 11.4 Å². The highest BCUT2D eigenvalue weighted by Gasteiger charge is 2.41. The second-order valence-electron chi connectivity index (χ2n) is 5.59. The Hall–Kier alpha value is -1.93. The standard InChI is InChI=1S/C16H20FN3O/c1-3-7-16(2)15(21)19-8-9-20(16)11-13-6-4-5-12(10-18)14(13)17/h4-6H,3,7-9,11H2,1-2H3,(H,19,21). The Bertz CT molecular complexity index is 581. The van der Waals surface area contributed by atoms with Gasteiger partial charge in [0.1, 0.15) is 11.9 Å². The smallest absolute Gasteiger partial charge is 0.240 e. The molecule has 21 heavy (non-hydrogen) atoms. The average Bonchev–Trinajstić information content (AvgIpc) is 2.46. The fourth-order valence-corrected chi connectivity index (χ4v) is 2.89. The summed E-state index contributed by atoms with van der Waals surface area (Å²) in [4.78, 5) is 14.2. The number of nitrogens with one attached hydrogen (secondary N) is 1. The van der Waals surface area contributed by atoms with Crippen LogP contribution in [0.3, 0.4) is 0 Å². The summed E-state index contributed by atoms with van der Waals surface area (Å²) in [6.07, 6.45) is 1.60. The molecule has 1 aliphatic heterocycles. The molecule has 1 aliphatic rings. The van der Waals surface area contributed by atoms with Gasteiger partial charge in [-0.25, -0.2) is 4.39 Å². The van der Waals surface area contributed by atoms with E-state index in [0.29, 0.717) is 25.2 Å². The van der Waals surface area contributed by atoms with Gasteiger partial charge in [-0.3, -0.25) is 9.69 Å². The zero-order valence-electron chi connectivity index (χ0n) is 12.4. The number of halogens is 1. The lowest BCUT2D eigenvalue weighted by Crippen LogP contribution is -2.62. The highest BCUT2D eigenvalue weighted by molar-refractivity contribution is 5.86. The van der Waals surface area contributed by atoms with Crippen molar-refractivity contribution < 1.29 is 9.18 Å². The van der Waals surface area contributed by atoms with Gasteiger partial charge < -0.3 is 5.32 Å². The van der Waals surface area contributed by atoms with Gasteiger partial charge in [0.05, 0.1) is 11.1 Å². The van der Waals surface area contributed by atoms with E-state index in [-0.39, 0.29) is 11.5 Å². The van der Waals surface area contributed by atoms with Crippen LogP contribution in [0, 0.1) is 17.1 Å². The summed E-state index contributed by atoms with van der Waals surface area (Å²) in [7, 11) is 0. The van der Waals surface area contributed by atoms with Crippen molar-refractivity contribution in [2.45, 2.75) is 38.8 Å². The SMILES string of the molecule is CCCC1(C)C(=O)NCCN1Cc1cccc(C#N)c1F. The largest absolute Gasteiger partial charge is 0.353 e. The summed E-state index contributed by atoms with van der Waals surface area (Å²) < 4.78 is 14.2. The third-order valence-electron chi connectivity index (χ3n) is 4.15. The van der Waals surface area contributed by atoms with Crippen LogP contribution in [0.1, 0.15) is 37.8 Å². The molecule has 0 spiro atoms. The van der Waals surface area contributed by atoms with Crippen molar-refractivity contribution in [2.24, 2.45) is 0 Å². The van der Waals surface area contributed by atoms with Crippen molar-refractivity contribution in [1.29, 1.82) is 5.26 Å². The molecule has 2 rings (SSSR count). The van der Waals surface area contributed by atoms with E-state index in [0.717, 1.165) is 12.8 Å². The monoisotopic (exact) mass is 289 g/mol. The average molecular weight is 289 g/mol. The van der Waals surface area contributed by atoms with Crippen molar-refractivity contribution in [2.75, 3.05) is 13.1 Å². The second kappa shape index (κ2) is 6.23. The lowest BCUT2D eigenvalue weighted by molar-refractivity contribution is -0.137. The molecule has 1 heterocycles. The number of hydrogen-bond acceptors (Lipinski definition) is 3. The number of hydrogen-bond donors (Lipinski definition) is 1. The molecule has 0 aromatic heterocycles. The van der Waals surface area contributed by atoms with Crippen LogP contribution in [0.5, 0.6) is 0 Å². The minimum absolute atomic E-state index is 0.00699. The van der Waals surface area contributed by atoms with E-state index in [1.54, 1.807) is 12.1 Å². The molecule has 1 aromatic carbocycles. The van der Waals surface area contributed by atoms with Crippen LogP contribution in [-0.4, -0.2) is 29.4 Å². The van der Waals surface area contributed by atoms with Crippen molar-refractivity contribution in [1.82, 2.24) is 10.2 Å². The molecule has 1 unspecified atom stereocenters. The number of carbonyl (C=O) groups excluding carboxylic acids is 1. The van der Waals surface area contributed by atoms with Crippen molar-refractivity contribution in [3.05, 3.63) is 35.1 Å². The Balaban J connectivity index is 2.29. The summed E-state index contributed by atoms with van der Waals surface area (Å²) in [6, 6.07) is 6.67. The summed E-state index contributed by atoms with van der Waals surface area (Å²) in [6.45, 7) is 5.51. The van der Waals surface area contributed by atoms with E-state index in [2.05, 4.69) is 5.32 Å². The van der Waals surface area contributed by atoms with Crippen molar-refractivity contribution >= 4 is 5.91 Å². The topological polar surface area (TPSA) is 56.1 Å². The fourth-order valence-electron chi connectivity index (χ4n) is 2.89. The van der Waals surface area contributed by atoms with Gasteiger partial charge in [0, 0.05) is 25.2 Å². The first kappa shape index (κ1) is 15.5. The fraction of sp³-hybridized carbons (Fsp3) is 0.500. The van der Waals surface area contributed by atoms with Gasteiger partial charge >= 0.3 is 0 Å². The Morgan fingerprint density at radius 3 is 2.95 bits per heavy atom. The minimum atomic E-state index is -0.623. The van der Waals surface area contributed by atoms with E-state index in [9.17, 15) is 9.18 Å². The maximum Gasteiger partial charge on any atom is 0.240 e. The van der Waals surface area contributed by atoms with Crippen LogP contribution in [0.25, 0.3) is 0 Å². The molecule has 0 aliphatic carbocycles. The quantitative estimate of drug-likeness (QED) is 0.924. The lowest BCUT2D eigenvalue weighted by atomic mass is 9.90. The molecule has 1 fully saturated rings. The van der Waals surface area contributed by atoms with Gasteiger partial charge in [0.25, 0.3) is 0 Å². The maximum atomic E-state index is 14.2. The van der Waals surface area contributed by atoms with Gasteiger partial charge in [-0.15, -0.1) is 0 Å². The second-order valence-corrected chi connectivity index (χ2v) is 5.59. The predicted octanol–water partition coefficient (Wildman–Crippen LogP) is 2.19. The molecular weight excluding hydrogens is 269 g/mol. The first-order valence-electron chi connectivity index (χ1n) is 7.23. The number of nitriles is 1. The van der Waals surface area contributed by atoms with Crippen LogP contribution in [0.15, 0.2) is 18.2 Å². The van der Waals surface area contributed by atoms with Crippen LogP contribution in [0.4, 0.5) is 4.39 Å². The lowest BCUT2D eigenvalue weighted by Gasteiger charge is -2.43. The van der Waals surface area contributed by atoms with Gasteiger partial charge in [-0.2, -0.15) is 5.26 Å². The molecule has 0 radical (unpaired) electrons. The third kappa shape index (κ3) is 2.91. The Morgan fingerprint density at radius 1 is 1.52 bits per heavy atom. The van der Waals surface area contributed by atoms with Crippen molar-refractivity contribution in [3.8, 4) is 6.07 Å².